The van der Waals surface area contributed by atoms with E-state index < -0.39 is 0 Å². The number of nitrogens with one attached hydrogen (secondary N) is 1. The zero-order valence-electron chi connectivity index (χ0n) is 19.8. The van der Waals surface area contributed by atoms with Gasteiger partial charge in [-0.2, -0.15) is 0 Å². The van der Waals surface area contributed by atoms with Crippen molar-refractivity contribution in [2.45, 2.75) is 46.2 Å². The first-order valence-electron chi connectivity index (χ1n) is 11.6. The van der Waals surface area contributed by atoms with E-state index >= 15 is 0 Å². The molecule has 34 heavy (non-hydrogen) atoms. The lowest BCUT2D eigenvalue weighted by Crippen LogP contribution is -2.28. The van der Waals surface area contributed by atoms with E-state index in [1.807, 2.05) is 55.5 Å². The second-order valence-corrected chi connectivity index (χ2v) is 9.53. The summed E-state index contributed by atoms with van der Waals surface area (Å²) in [5.74, 6) is 1.66. The Morgan fingerprint density at radius 2 is 1.85 bits per heavy atom. The molecule has 0 radical (unpaired) electrons. The number of aromatic nitrogens is 2. The van der Waals surface area contributed by atoms with Gasteiger partial charge in [0.05, 0.1) is 23.7 Å². The average molecular weight is 520 g/mol. The van der Waals surface area contributed by atoms with Crippen LogP contribution in [0.25, 0.3) is 11.0 Å². The number of amides is 1. The number of carbonyl (C=O) groups excluding carboxylic acids is 1. The lowest BCUT2D eigenvalue weighted by atomic mass is 10.1. The predicted octanol–water partition coefficient (Wildman–Crippen LogP) is 6.77. The Bertz CT molecular complexity index is 1300. The fraction of sp³-hybridized carbons (Fsp3) is 0.286. The Kier molecular flexibility index (Phi) is 7.68. The molecule has 1 unspecified atom stereocenters. The summed E-state index contributed by atoms with van der Waals surface area (Å²) in [6.07, 6.45) is 1.88. The zero-order chi connectivity index (χ0) is 24.1. The van der Waals surface area contributed by atoms with Crippen LogP contribution in [0.1, 0.15) is 53.1 Å². The van der Waals surface area contributed by atoms with E-state index in [9.17, 15) is 4.79 Å². The first-order chi connectivity index (χ1) is 16.4. The minimum atomic E-state index is -0.231. The number of carbonyl (C=O) groups is 1. The van der Waals surface area contributed by atoms with Crippen LogP contribution in [-0.4, -0.2) is 22.1 Å². The van der Waals surface area contributed by atoms with Crippen molar-refractivity contribution in [1.82, 2.24) is 14.9 Å². The zero-order valence-corrected chi connectivity index (χ0v) is 21.4. The molecule has 0 bridgehead atoms. The summed E-state index contributed by atoms with van der Waals surface area (Å²) in [5, 5.41) is 3.11. The second kappa shape index (κ2) is 10.9. The van der Waals surface area contributed by atoms with Crippen molar-refractivity contribution in [3.8, 4) is 5.75 Å². The van der Waals surface area contributed by atoms with Gasteiger partial charge in [-0.05, 0) is 87.2 Å². The number of nitrogens with zero attached hydrogens (tertiary/aromatic N) is 2. The van der Waals surface area contributed by atoms with Crippen molar-refractivity contribution < 1.29 is 9.53 Å². The average Bonchev–Trinajstić information content (AvgIpc) is 3.20. The van der Waals surface area contributed by atoms with Crippen LogP contribution in [0, 0.1) is 13.8 Å². The molecule has 1 amide bonds. The van der Waals surface area contributed by atoms with Crippen LogP contribution in [0.4, 0.5) is 0 Å². The molecule has 176 valence electrons. The number of imidazole rings is 1. The van der Waals surface area contributed by atoms with Gasteiger partial charge in [0.25, 0.3) is 5.91 Å². The van der Waals surface area contributed by atoms with Crippen LogP contribution >= 0.6 is 15.9 Å². The molecule has 4 aromatic rings. The number of rotatable bonds is 9. The Hall–Kier alpha value is -3.12. The first-order valence-corrected chi connectivity index (χ1v) is 12.4. The van der Waals surface area contributed by atoms with Crippen molar-refractivity contribution in [2.75, 3.05) is 6.61 Å². The van der Waals surface area contributed by atoms with Crippen LogP contribution in [0.2, 0.25) is 0 Å². The molecule has 1 heterocycles. The van der Waals surface area contributed by atoms with Crippen molar-refractivity contribution in [3.05, 3.63) is 93.7 Å². The third-order valence-corrected chi connectivity index (χ3v) is 6.52. The highest BCUT2D eigenvalue weighted by Gasteiger charge is 2.19. The molecule has 5 nitrogen and oxygen atoms in total. The van der Waals surface area contributed by atoms with Crippen molar-refractivity contribution >= 4 is 32.9 Å². The van der Waals surface area contributed by atoms with E-state index in [0.717, 1.165) is 46.5 Å². The first kappa shape index (κ1) is 24.0. The van der Waals surface area contributed by atoms with E-state index in [4.69, 9.17) is 9.72 Å². The summed E-state index contributed by atoms with van der Waals surface area (Å²) in [6, 6.07) is 21.5. The monoisotopic (exact) mass is 519 g/mol. The van der Waals surface area contributed by atoms with Gasteiger partial charge < -0.3 is 14.6 Å². The Morgan fingerprint density at radius 3 is 2.65 bits per heavy atom. The van der Waals surface area contributed by atoms with Crippen molar-refractivity contribution in [2.24, 2.45) is 0 Å². The SMILES string of the molecule is Cc1ccc(OCCCCn2c(C(C)NC(=O)c3cccc(Br)c3)nc3ccccc32)cc1C. The molecule has 0 saturated carbocycles. The highest BCUT2D eigenvalue weighted by molar-refractivity contribution is 9.10. The maximum atomic E-state index is 12.8. The minimum Gasteiger partial charge on any atom is -0.494 e. The molecule has 0 saturated heterocycles. The smallest absolute Gasteiger partial charge is 0.251 e. The van der Waals surface area contributed by atoms with Gasteiger partial charge >= 0.3 is 0 Å². The van der Waals surface area contributed by atoms with Crippen LogP contribution in [-0.2, 0) is 6.54 Å². The summed E-state index contributed by atoms with van der Waals surface area (Å²) in [4.78, 5) is 17.6. The largest absolute Gasteiger partial charge is 0.494 e. The maximum Gasteiger partial charge on any atom is 0.251 e. The van der Waals surface area contributed by atoms with Gasteiger partial charge in [-0.3, -0.25) is 4.79 Å². The highest BCUT2D eigenvalue weighted by Crippen LogP contribution is 2.23. The van der Waals surface area contributed by atoms with Gasteiger partial charge in [0.15, 0.2) is 0 Å². The number of benzene rings is 3. The summed E-state index contributed by atoms with van der Waals surface area (Å²) >= 11 is 3.43. The minimum absolute atomic E-state index is 0.116. The van der Waals surface area contributed by atoms with Crippen molar-refractivity contribution in [1.29, 1.82) is 0 Å². The lowest BCUT2D eigenvalue weighted by molar-refractivity contribution is 0.0937. The molecule has 3 aromatic carbocycles. The summed E-state index contributed by atoms with van der Waals surface area (Å²) in [6.45, 7) is 7.66. The summed E-state index contributed by atoms with van der Waals surface area (Å²) in [5.41, 5.74) is 5.15. The fourth-order valence-electron chi connectivity index (χ4n) is 4.00. The molecule has 0 spiro atoms. The standard InChI is InChI=1S/C28H30BrN3O2/c1-19-13-14-24(17-20(19)2)34-16-7-6-15-32-26-12-5-4-11-25(26)31-27(32)21(3)30-28(33)22-9-8-10-23(29)18-22/h4-5,8-14,17-18,21H,6-7,15-16H2,1-3H3,(H,30,33). The summed E-state index contributed by atoms with van der Waals surface area (Å²) in [7, 11) is 0. The molecule has 0 aliphatic rings. The van der Waals surface area contributed by atoms with E-state index in [1.165, 1.54) is 11.1 Å². The third-order valence-electron chi connectivity index (χ3n) is 6.03. The number of ether oxygens (including phenoxy) is 1. The van der Waals surface area contributed by atoms with Gasteiger partial charge in [-0.15, -0.1) is 0 Å². The number of unbranched alkanes of at least 4 members (excludes halogenated alkanes) is 1. The van der Waals surface area contributed by atoms with E-state index in [0.29, 0.717) is 12.2 Å². The summed E-state index contributed by atoms with van der Waals surface area (Å²) < 4.78 is 9.05. The molecule has 0 fully saturated rings. The number of halogens is 1. The van der Waals surface area contributed by atoms with E-state index in [1.54, 1.807) is 0 Å². The van der Waals surface area contributed by atoms with E-state index in [2.05, 4.69) is 57.9 Å². The molecule has 0 aliphatic carbocycles. The second-order valence-electron chi connectivity index (χ2n) is 8.62. The molecule has 4 rings (SSSR count). The van der Waals surface area contributed by atoms with E-state index in [-0.39, 0.29) is 11.9 Å². The van der Waals surface area contributed by atoms with Gasteiger partial charge in [0.2, 0.25) is 0 Å². The number of hydrogen-bond donors (Lipinski definition) is 1. The Morgan fingerprint density at radius 1 is 1.03 bits per heavy atom. The van der Waals surface area contributed by atoms with Crippen LogP contribution in [0.5, 0.6) is 5.75 Å². The van der Waals surface area contributed by atoms with Crippen LogP contribution in [0.3, 0.4) is 0 Å². The topological polar surface area (TPSA) is 56.1 Å². The van der Waals surface area contributed by atoms with Crippen LogP contribution < -0.4 is 10.1 Å². The number of aryl methyl sites for hydroxylation is 3. The fourth-order valence-corrected chi connectivity index (χ4v) is 4.40. The quantitative estimate of drug-likeness (QED) is 0.248. The number of hydrogen-bond acceptors (Lipinski definition) is 3. The molecule has 1 N–H and O–H groups in total. The molecule has 0 aliphatic heterocycles. The number of para-hydroxylation sites is 2. The van der Waals surface area contributed by atoms with Gasteiger partial charge in [-0.25, -0.2) is 4.98 Å². The van der Waals surface area contributed by atoms with Gasteiger partial charge in [-0.1, -0.05) is 40.2 Å². The third kappa shape index (κ3) is 5.68. The maximum absolute atomic E-state index is 12.8. The predicted molar refractivity (Wildman–Crippen MR) is 140 cm³/mol. The number of fused-ring (bicyclic) bond motifs is 1. The molecule has 1 aromatic heterocycles. The Labute approximate surface area is 209 Å². The van der Waals surface area contributed by atoms with Crippen LogP contribution in [0.15, 0.2) is 71.2 Å². The molecule has 6 heteroatoms. The lowest BCUT2D eigenvalue weighted by Gasteiger charge is -2.17. The van der Waals surface area contributed by atoms with Gasteiger partial charge in [0, 0.05) is 16.6 Å². The molecule has 1 atom stereocenters. The highest BCUT2D eigenvalue weighted by atomic mass is 79.9. The van der Waals surface area contributed by atoms with Gasteiger partial charge in [0.1, 0.15) is 11.6 Å². The molecular formula is C28H30BrN3O2. The van der Waals surface area contributed by atoms with Crippen molar-refractivity contribution in [3.63, 3.8) is 0 Å². The normalized spacial score (nSPS) is 12.0. The molecular weight excluding hydrogens is 490 g/mol. The Balaban J connectivity index is 1.42.